The van der Waals surface area contributed by atoms with E-state index in [1.807, 2.05) is 0 Å². The molecule has 138 valence electrons. The summed E-state index contributed by atoms with van der Waals surface area (Å²) in [6, 6.07) is 10.9. The first-order valence-electron chi connectivity index (χ1n) is 8.29. The lowest BCUT2D eigenvalue weighted by molar-refractivity contribution is 0.0485. The number of ketones is 1. The highest BCUT2D eigenvalue weighted by Gasteiger charge is 2.15. The van der Waals surface area contributed by atoms with E-state index in [0.29, 0.717) is 17.7 Å². The summed E-state index contributed by atoms with van der Waals surface area (Å²) in [5.41, 5.74) is 1.19. The summed E-state index contributed by atoms with van der Waals surface area (Å²) in [7, 11) is 0. The van der Waals surface area contributed by atoms with Gasteiger partial charge in [-0.05, 0) is 55.0 Å². The number of imidazole rings is 1. The van der Waals surface area contributed by atoms with Gasteiger partial charge >= 0.3 is 5.97 Å². The average molecular weight is 370 g/mol. The van der Waals surface area contributed by atoms with Crippen LogP contribution in [-0.2, 0) is 4.74 Å². The summed E-state index contributed by atoms with van der Waals surface area (Å²) in [5.74, 6) is -1.53. The van der Waals surface area contributed by atoms with Crippen LogP contribution in [0.15, 0.2) is 61.1 Å². The van der Waals surface area contributed by atoms with E-state index in [0.717, 1.165) is 0 Å². The highest BCUT2D eigenvalue weighted by molar-refractivity contribution is 5.96. The van der Waals surface area contributed by atoms with Gasteiger partial charge in [0.05, 0.1) is 19.1 Å². The summed E-state index contributed by atoms with van der Waals surface area (Å²) in [6.45, 7) is 0.0559. The minimum Gasteiger partial charge on any atom is -0.461 e. The van der Waals surface area contributed by atoms with Crippen LogP contribution in [0, 0.1) is 11.6 Å². The fourth-order valence-electron chi connectivity index (χ4n) is 2.51. The molecule has 0 bridgehead atoms. The molecule has 1 aromatic heterocycles. The topological polar surface area (TPSA) is 61.2 Å². The van der Waals surface area contributed by atoms with Gasteiger partial charge in [-0.25, -0.2) is 18.6 Å². The number of benzene rings is 2. The van der Waals surface area contributed by atoms with Crippen LogP contribution in [0.5, 0.6) is 0 Å². The SMILES string of the molecule is O=C(CCCOC(=O)c1cncn1-c1ccc(F)cc1)c1ccc(F)cc1. The minimum atomic E-state index is -0.592. The maximum Gasteiger partial charge on any atom is 0.356 e. The Morgan fingerprint density at radius 3 is 2.26 bits per heavy atom. The third kappa shape index (κ3) is 4.63. The lowest BCUT2D eigenvalue weighted by Crippen LogP contribution is -2.12. The van der Waals surface area contributed by atoms with E-state index in [4.69, 9.17) is 4.74 Å². The molecule has 0 fully saturated rings. The molecule has 7 heteroatoms. The smallest absolute Gasteiger partial charge is 0.356 e. The molecule has 0 aliphatic rings. The number of ether oxygens (including phenoxy) is 1. The van der Waals surface area contributed by atoms with Gasteiger partial charge in [-0.3, -0.25) is 9.36 Å². The van der Waals surface area contributed by atoms with E-state index in [9.17, 15) is 18.4 Å². The molecule has 27 heavy (non-hydrogen) atoms. The van der Waals surface area contributed by atoms with Crippen LogP contribution in [0.1, 0.15) is 33.7 Å². The quantitative estimate of drug-likeness (QED) is 0.359. The van der Waals surface area contributed by atoms with E-state index in [1.54, 1.807) is 0 Å². The number of hydrogen-bond donors (Lipinski definition) is 0. The van der Waals surface area contributed by atoms with E-state index >= 15 is 0 Å². The highest BCUT2D eigenvalue weighted by atomic mass is 19.1. The second-order valence-electron chi connectivity index (χ2n) is 5.79. The normalized spacial score (nSPS) is 10.6. The van der Waals surface area contributed by atoms with Gasteiger partial charge in [0.2, 0.25) is 0 Å². The van der Waals surface area contributed by atoms with Crippen molar-refractivity contribution in [3.05, 3.63) is 83.9 Å². The number of carbonyl (C=O) groups is 2. The fraction of sp³-hybridized carbons (Fsp3) is 0.150. The van der Waals surface area contributed by atoms with Crippen LogP contribution < -0.4 is 0 Å². The maximum atomic E-state index is 13.0. The molecule has 0 atom stereocenters. The molecule has 2 aromatic carbocycles. The van der Waals surface area contributed by atoms with Gasteiger partial charge in [-0.1, -0.05) is 0 Å². The van der Waals surface area contributed by atoms with E-state index in [-0.39, 0.29) is 30.3 Å². The van der Waals surface area contributed by atoms with Crippen LogP contribution in [0.25, 0.3) is 5.69 Å². The van der Waals surface area contributed by atoms with Crippen molar-refractivity contribution >= 4 is 11.8 Å². The number of Topliss-reactive ketones (excluding diaryl/α,β-unsaturated/α-hetero) is 1. The maximum absolute atomic E-state index is 13.0. The fourth-order valence-corrected chi connectivity index (χ4v) is 2.51. The third-order valence-corrected chi connectivity index (χ3v) is 3.90. The molecule has 0 saturated heterocycles. The van der Waals surface area contributed by atoms with Gasteiger partial charge in [0.25, 0.3) is 0 Å². The van der Waals surface area contributed by atoms with Crippen LogP contribution in [0.4, 0.5) is 8.78 Å². The van der Waals surface area contributed by atoms with Crippen molar-refractivity contribution in [1.82, 2.24) is 9.55 Å². The zero-order valence-corrected chi connectivity index (χ0v) is 14.3. The Morgan fingerprint density at radius 1 is 0.963 bits per heavy atom. The number of aromatic nitrogens is 2. The van der Waals surface area contributed by atoms with Gasteiger partial charge in [-0.15, -0.1) is 0 Å². The number of hydrogen-bond acceptors (Lipinski definition) is 4. The largest absolute Gasteiger partial charge is 0.461 e. The van der Waals surface area contributed by atoms with Gasteiger partial charge in [0.15, 0.2) is 11.5 Å². The molecule has 0 aliphatic carbocycles. The molecule has 0 aliphatic heterocycles. The van der Waals surface area contributed by atoms with Crippen molar-refractivity contribution < 1.29 is 23.1 Å². The van der Waals surface area contributed by atoms with Gasteiger partial charge in [-0.2, -0.15) is 0 Å². The van der Waals surface area contributed by atoms with Crippen LogP contribution in [-0.4, -0.2) is 27.9 Å². The first kappa shape index (κ1) is 18.4. The second-order valence-corrected chi connectivity index (χ2v) is 5.79. The predicted molar refractivity (Wildman–Crippen MR) is 93.8 cm³/mol. The molecule has 0 spiro atoms. The van der Waals surface area contributed by atoms with Crippen molar-refractivity contribution in [2.75, 3.05) is 6.61 Å². The van der Waals surface area contributed by atoms with E-state index < -0.39 is 11.8 Å². The molecule has 0 radical (unpaired) electrons. The highest BCUT2D eigenvalue weighted by Crippen LogP contribution is 2.13. The standard InChI is InChI=1S/C20H16F2N2O3/c21-15-5-3-14(4-6-15)19(25)2-1-11-27-20(26)18-12-23-13-24(18)17-9-7-16(22)8-10-17/h3-10,12-13H,1-2,11H2. The Morgan fingerprint density at radius 2 is 1.59 bits per heavy atom. The van der Waals surface area contributed by atoms with Crippen LogP contribution in [0.3, 0.4) is 0 Å². The zero-order valence-electron chi connectivity index (χ0n) is 14.3. The molecule has 1 heterocycles. The van der Waals surface area contributed by atoms with Crippen molar-refractivity contribution in [1.29, 1.82) is 0 Å². The van der Waals surface area contributed by atoms with Crippen LogP contribution in [0.2, 0.25) is 0 Å². The van der Waals surface area contributed by atoms with Crippen molar-refractivity contribution in [2.24, 2.45) is 0 Å². The first-order valence-corrected chi connectivity index (χ1v) is 8.29. The Balaban J connectivity index is 1.53. The Hall–Kier alpha value is -3.35. The van der Waals surface area contributed by atoms with Crippen molar-refractivity contribution in [3.8, 4) is 5.69 Å². The number of rotatable bonds is 7. The van der Waals surface area contributed by atoms with Gasteiger partial charge < -0.3 is 4.74 Å². The zero-order chi connectivity index (χ0) is 19.2. The van der Waals surface area contributed by atoms with Crippen LogP contribution >= 0.6 is 0 Å². The number of esters is 1. The number of nitrogens with zero attached hydrogens (tertiary/aromatic N) is 2. The summed E-state index contributed by atoms with van der Waals surface area (Å²) >= 11 is 0. The van der Waals surface area contributed by atoms with E-state index in [2.05, 4.69) is 4.98 Å². The summed E-state index contributed by atoms with van der Waals surface area (Å²) in [5, 5.41) is 0. The Labute approximate surface area is 154 Å². The molecule has 0 saturated carbocycles. The summed E-state index contributed by atoms with van der Waals surface area (Å²) in [4.78, 5) is 28.2. The number of halogens is 2. The monoisotopic (exact) mass is 370 g/mol. The summed E-state index contributed by atoms with van der Waals surface area (Å²) < 4.78 is 32.6. The molecular formula is C20H16F2N2O3. The van der Waals surface area contributed by atoms with Gasteiger partial charge in [0, 0.05) is 17.7 Å². The lowest BCUT2D eigenvalue weighted by atomic mass is 10.1. The molecule has 0 unspecified atom stereocenters. The molecular weight excluding hydrogens is 354 g/mol. The minimum absolute atomic E-state index is 0.0559. The third-order valence-electron chi connectivity index (χ3n) is 3.90. The Bertz CT molecular complexity index is 935. The molecule has 3 aromatic rings. The van der Waals surface area contributed by atoms with Crippen molar-refractivity contribution in [3.63, 3.8) is 0 Å². The average Bonchev–Trinajstić information content (AvgIpc) is 3.16. The van der Waals surface area contributed by atoms with Crippen molar-refractivity contribution in [2.45, 2.75) is 12.8 Å². The lowest BCUT2D eigenvalue weighted by Gasteiger charge is -2.08. The molecule has 3 rings (SSSR count). The van der Waals surface area contributed by atoms with Gasteiger partial charge in [0.1, 0.15) is 11.6 Å². The molecule has 5 nitrogen and oxygen atoms in total. The predicted octanol–water partition coefficient (Wildman–Crippen LogP) is 3.97. The molecule has 0 N–H and O–H groups in total. The first-order chi connectivity index (χ1) is 13.0. The molecule has 0 amide bonds. The number of carbonyl (C=O) groups excluding carboxylic acids is 2. The summed E-state index contributed by atoms with van der Waals surface area (Å²) in [6.07, 6.45) is 3.31. The Kier molecular flexibility index (Phi) is 5.71. The van der Waals surface area contributed by atoms with E-state index in [1.165, 1.54) is 65.6 Å². The second kappa shape index (κ2) is 8.35.